The van der Waals surface area contributed by atoms with E-state index in [1.54, 1.807) is 33.2 Å². The smallest absolute Gasteiger partial charge is 0.313 e. The molecule has 7 nitrogen and oxygen atoms in total. The van der Waals surface area contributed by atoms with E-state index in [0.717, 1.165) is 27.9 Å². The molecule has 0 fully saturated rings. The average Bonchev–Trinajstić information content (AvgIpc) is 3.22. The van der Waals surface area contributed by atoms with Crippen LogP contribution in [0.1, 0.15) is 57.5 Å². The Hall–Kier alpha value is -4.26. The van der Waals surface area contributed by atoms with Crippen molar-refractivity contribution in [2.24, 2.45) is 5.73 Å². The molecule has 0 saturated carbocycles. The van der Waals surface area contributed by atoms with Crippen LogP contribution >= 0.6 is 0 Å². The number of aromatic nitrogens is 3. The van der Waals surface area contributed by atoms with Gasteiger partial charge in [0.25, 0.3) is 0 Å². The number of ketones is 1. The third kappa shape index (κ3) is 4.40. The van der Waals surface area contributed by atoms with E-state index in [2.05, 4.69) is 16.5 Å². The van der Waals surface area contributed by atoms with E-state index in [0.29, 0.717) is 22.4 Å². The average molecular weight is 483 g/mol. The molecule has 4 rings (SSSR count). The minimum Gasteiger partial charge on any atom is -0.481 e. The van der Waals surface area contributed by atoms with Crippen LogP contribution in [0, 0.1) is 0 Å². The summed E-state index contributed by atoms with van der Waals surface area (Å²) in [4.78, 5) is 33.3. The third-order valence-electron chi connectivity index (χ3n) is 6.69. The van der Waals surface area contributed by atoms with E-state index in [4.69, 9.17) is 10.7 Å². The van der Waals surface area contributed by atoms with Crippen molar-refractivity contribution in [3.05, 3.63) is 89.6 Å². The lowest BCUT2D eigenvalue weighted by molar-refractivity contribution is -0.142. The van der Waals surface area contributed by atoms with E-state index < -0.39 is 11.4 Å². The number of carboxylic acid groups (broad SMARTS) is 1. The molecule has 0 aliphatic rings. The van der Waals surface area contributed by atoms with Gasteiger partial charge in [-0.2, -0.15) is 0 Å². The van der Waals surface area contributed by atoms with Crippen LogP contribution < -0.4 is 5.73 Å². The molecule has 7 heteroatoms. The first kappa shape index (κ1) is 24.9. The third-order valence-corrected chi connectivity index (χ3v) is 6.69. The number of carbonyl (C=O) groups is 2. The number of carbonyl (C=O) groups excluding carboxylic acids is 1. The highest BCUT2D eigenvalue weighted by molar-refractivity contribution is 6.20. The van der Waals surface area contributed by atoms with Gasteiger partial charge in [-0.05, 0) is 63.9 Å². The minimum absolute atomic E-state index is 0.103. The lowest BCUT2D eigenvalue weighted by atomic mass is 9.84. The van der Waals surface area contributed by atoms with Crippen molar-refractivity contribution in [2.45, 2.75) is 46.1 Å². The number of Topliss-reactive ketones (excluding diaryl/α,β-unsaturated/α-hetero) is 1. The molecule has 0 saturated heterocycles. The summed E-state index contributed by atoms with van der Waals surface area (Å²) in [7, 11) is 0. The van der Waals surface area contributed by atoms with Crippen LogP contribution in [0.3, 0.4) is 0 Å². The predicted octanol–water partition coefficient (Wildman–Crippen LogP) is 5.35. The molecule has 0 bridgehead atoms. The summed E-state index contributed by atoms with van der Waals surface area (Å²) in [5, 5.41) is 9.59. The van der Waals surface area contributed by atoms with Crippen LogP contribution in [0.2, 0.25) is 0 Å². The summed E-state index contributed by atoms with van der Waals surface area (Å²) in [6.45, 7) is 8.65. The van der Waals surface area contributed by atoms with Crippen LogP contribution in [0.4, 0.5) is 0 Å². The summed E-state index contributed by atoms with van der Waals surface area (Å²) in [5.41, 5.74) is 11.6. The monoisotopic (exact) mass is 482 g/mol. The molecule has 3 aromatic heterocycles. The van der Waals surface area contributed by atoms with E-state index in [1.807, 2.05) is 54.7 Å². The second kappa shape index (κ2) is 9.41. The molecule has 0 spiro atoms. The van der Waals surface area contributed by atoms with Crippen LogP contribution in [0.25, 0.3) is 27.7 Å². The highest BCUT2D eigenvalue weighted by Gasteiger charge is 2.29. The predicted molar refractivity (Wildman–Crippen MR) is 141 cm³/mol. The number of aliphatic carboxylic acids is 1. The van der Waals surface area contributed by atoms with Gasteiger partial charge in [-0.3, -0.25) is 19.6 Å². The van der Waals surface area contributed by atoms with Crippen molar-refractivity contribution in [3.63, 3.8) is 0 Å². The summed E-state index contributed by atoms with van der Waals surface area (Å²) in [6, 6.07) is 15.2. The van der Waals surface area contributed by atoms with Gasteiger partial charge in [0, 0.05) is 41.0 Å². The second-order valence-corrected chi connectivity index (χ2v) is 9.59. The van der Waals surface area contributed by atoms with E-state index in [-0.39, 0.29) is 11.8 Å². The Morgan fingerprint density at radius 1 is 1.06 bits per heavy atom. The SMILES string of the molecule is CC(=O)C(=C(C)N)c1cnc2c(-c3ccc(C(C)(C)C(=O)O)cc3)cn([C@@H](C)c3ccccn3)c2c1. The first-order valence-electron chi connectivity index (χ1n) is 11.8. The highest BCUT2D eigenvalue weighted by Crippen LogP contribution is 2.35. The fraction of sp³-hybridized carbons (Fsp3) is 0.241. The summed E-state index contributed by atoms with van der Waals surface area (Å²) < 4.78 is 2.10. The van der Waals surface area contributed by atoms with Crippen LogP contribution in [-0.4, -0.2) is 31.4 Å². The number of nitrogens with zero attached hydrogens (tertiary/aromatic N) is 3. The van der Waals surface area contributed by atoms with Gasteiger partial charge < -0.3 is 15.4 Å². The van der Waals surface area contributed by atoms with Crippen molar-refractivity contribution < 1.29 is 14.7 Å². The van der Waals surface area contributed by atoms with Crippen molar-refractivity contribution in [3.8, 4) is 11.1 Å². The molecular weight excluding hydrogens is 452 g/mol. The lowest BCUT2D eigenvalue weighted by Crippen LogP contribution is -2.28. The maximum Gasteiger partial charge on any atom is 0.313 e. The molecule has 36 heavy (non-hydrogen) atoms. The summed E-state index contributed by atoms with van der Waals surface area (Å²) >= 11 is 0. The van der Waals surface area contributed by atoms with Gasteiger partial charge in [0.2, 0.25) is 0 Å². The fourth-order valence-corrected chi connectivity index (χ4v) is 4.46. The molecule has 0 aliphatic carbocycles. The van der Waals surface area contributed by atoms with Gasteiger partial charge in [-0.25, -0.2) is 0 Å². The molecule has 0 aliphatic heterocycles. The summed E-state index contributed by atoms with van der Waals surface area (Å²) in [6.07, 6.45) is 5.47. The number of pyridine rings is 2. The quantitative estimate of drug-likeness (QED) is 0.344. The molecule has 3 heterocycles. The number of hydrogen-bond acceptors (Lipinski definition) is 5. The molecule has 0 amide bonds. The first-order chi connectivity index (χ1) is 17.0. The zero-order valence-electron chi connectivity index (χ0n) is 21.1. The topological polar surface area (TPSA) is 111 Å². The van der Waals surface area contributed by atoms with E-state index >= 15 is 0 Å². The maximum absolute atomic E-state index is 12.3. The fourth-order valence-electron chi connectivity index (χ4n) is 4.46. The molecule has 184 valence electrons. The second-order valence-electron chi connectivity index (χ2n) is 9.59. The lowest BCUT2D eigenvalue weighted by Gasteiger charge is -2.19. The zero-order valence-corrected chi connectivity index (χ0v) is 21.1. The molecular formula is C29H30N4O3. The normalized spacial score (nSPS) is 13.4. The Bertz CT molecular complexity index is 1480. The Balaban J connectivity index is 1.92. The number of nitrogens with two attached hydrogens (primary N) is 1. The van der Waals surface area contributed by atoms with Gasteiger partial charge in [0.05, 0.1) is 28.2 Å². The van der Waals surface area contributed by atoms with E-state index in [9.17, 15) is 14.7 Å². The number of hydrogen-bond donors (Lipinski definition) is 2. The molecule has 4 aromatic rings. The number of rotatable bonds is 7. The highest BCUT2D eigenvalue weighted by atomic mass is 16.4. The number of carboxylic acids is 1. The molecule has 0 unspecified atom stereocenters. The Morgan fingerprint density at radius 2 is 1.75 bits per heavy atom. The van der Waals surface area contributed by atoms with Gasteiger partial charge in [0.15, 0.2) is 5.78 Å². The van der Waals surface area contributed by atoms with Gasteiger partial charge >= 0.3 is 5.97 Å². The van der Waals surface area contributed by atoms with Crippen molar-refractivity contribution >= 4 is 28.4 Å². The molecule has 1 atom stereocenters. The Kier molecular flexibility index (Phi) is 6.50. The van der Waals surface area contributed by atoms with E-state index in [1.165, 1.54) is 6.92 Å². The molecule has 3 N–H and O–H groups in total. The number of benzene rings is 1. The number of fused-ring (bicyclic) bond motifs is 1. The van der Waals surface area contributed by atoms with Crippen LogP contribution in [-0.2, 0) is 15.0 Å². The minimum atomic E-state index is -0.997. The maximum atomic E-state index is 12.3. The first-order valence-corrected chi connectivity index (χ1v) is 11.8. The van der Waals surface area contributed by atoms with Gasteiger partial charge in [-0.15, -0.1) is 0 Å². The van der Waals surface area contributed by atoms with Crippen molar-refractivity contribution in [1.82, 2.24) is 14.5 Å². The van der Waals surface area contributed by atoms with Gasteiger partial charge in [-0.1, -0.05) is 30.3 Å². The van der Waals surface area contributed by atoms with Crippen molar-refractivity contribution in [1.29, 1.82) is 0 Å². The number of allylic oxidation sites excluding steroid dienone is 2. The molecule has 1 aromatic carbocycles. The largest absolute Gasteiger partial charge is 0.481 e. The zero-order chi connectivity index (χ0) is 26.2. The van der Waals surface area contributed by atoms with Crippen molar-refractivity contribution in [2.75, 3.05) is 0 Å². The van der Waals surface area contributed by atoms with Gasteiger partial charge in [0.1, 0.15) is 0 Å². The molecule has 0 radical (unpaired) electrons. The Labute approximate surface area is 210 Å². The summed E-state index contributed by atoms with van der Waals surface area (Å²) in [5.74, 6) is -1.00. The standard InChI is InChI=1S/C29H30N4O3/c1-17(30)26(19(3)34)21-14-25-27(32-15-21)23(16-33(25)18(2)24-8-6-7-13-31-24)20-9-11-22(12-10-20)29(4,5)28(35)36/h6-16,18H,30H2,1-5H3,(H,35,36)/t18-/m0/s1. The van der Waals surface area contributed by atoms with Crippen LogP contribution in [0.5, 0.6) is 0 Å². The van der Waals surface area contributed by atoms with Crippen LogP contribution in [0.15, 0.2) is 72.8 Å². The Morgan fingerprint density at radius 3 is 2.31 bits per heavy atom.